The summed E-state index contributed by atoms with van der Waals surface area (Å²) in [6.45, 7) is 8.29. The first-order chi connectivity index (χ1) is 15.9. The van der Waals surface area contributed by atoms with Crippen LogP contribution in [0.4, 0.5) is 0 Å². The Labute approximate surface area is 201 Å². The molecule has 4 atom stereocenters. The quantitative estimate of drug-likeness (QED) is 0.0929. The Morgan fingerprint density at radius 3 is 2.18 bits per heavy atom. The molecule has 1 saturated heterocycles. The predicted molar refractivity (Wildman–Crippen MR) is 129 cm³/mol. The summed E-state index contributed by atoms with van der Waals surface area (Å²) in [5.74, 6) is -2.82. The molecule has 0 bridgehead atoms. The number of amides is 3. The lowest BCUT2D eigenvalue weighted by Crippen LogP contribution is -2.58. The van der Waals surface area contributed by atoms with E-state index in [2.05, 4.69) is 26.3 Å². The van der Waals surface area contributed by atoms with E-state index in [0.717, 1.165) is 13.0 Å². The van der Waals surface area contributed by atoms with E-state index in [1.165, 1.54) is 0 Å². The van der Waals surface area contributed by atoms with Crippen molar-refractivity contribution >= 4 is 29.7 Å². The van der Waals surface area contributed by atoms with Gasteiger partial charge in [-0.2, -0.15) is 0 Å². The molecule has 3 amide bonds. The molecule has 0 aromatic heterocycles. The van der Waals surface area contributed by atoms with Gasteiger partial charge in [-0.05, 0) is 50.5 Å². The third kappa shape index (κ3) is 10.4. The van der Waals surface area contributed by atoms with Crippen molar-refractivity contribution < 1.29 is 24.3 Å². The minimum atomic E-state index is -1.15. The Kier molecular flexibility index (Phi) is 12.3. The fourth-order valence-corrected chi connectivity index (χ4v) is 3.70. The fraction of sp³-hybridized carbons (Fsp3) is 0.773. The van der Waals surface area contributed by atoms with E-state index in [4.69, 9.17) is 11.5 Å². The monoisotopic (exact) mass is 483 g/mol. The van der Waals surface area contributed by atoms with Gasteiger partial charge in [0.1, 0.15) is 18.1 Å². The van der Waals surface area contributed by atoms with Crippen molar-refractivity contribution in [2.75, 3.05) is 13.1 Å². The number of carboxylic acids is 1. The standard InChI is InChI=1S/C22H41N7O5/c1-12(2)11-16(21(33)34)28-19(31)15(8-6-10-26-22(23)24)27-20(32)17(13(3)4)29-18(30)14-7-5-9-25-14/h12-17,25H,5-11H2,1-4H3,(H,27,32)(H,28,31)(H,29,30)(H,33,34)(H4,23,24,26). The summed E-state index contributed by atoms with van der Waals surface area (Å²) in [5, 5.41) is 20.6. The SMILES string of the molecule is CC(C)CC(NC(=O)C(CCCN=C(N)N)NC(=O)C(NC(=O)C1CCCN1)C(C)C)C(=O)O. The number of hydrogen-bond acceptors (Lipinski definition) is 6. The number of nitrogens with zero attached hydrogens (tertiary/aromatic N) is 1. The van der Waals surface area contributed by atoms with Crippen molar-refractivity contribution in [3.63, 3.8) is 0 Å². The Hall–Kier alpha value is -2.89. The van der Waals surface area contributed by atoms with Gasteiger partial charge in [-0.3, -0.25) is 19.4 Å². The zero-order chi connectivity index (χ0) is 25.8. The summed E-state index contributed by atoms with van der Waals surface area (Å²) in [7, 11) is 0. The number of aliphatic imine (C=N–C) groups is 1. The van der Waals surface area contributed by atoms with Gasteiger partial charge >= 0.3 is 5.97 Å². The van der Waals surface area contributed by atoms with Crippen LogP contribution in [0.1, 0.15) is 59.8 Å². The second-order valence-electron chi connectivity index (χ2n) is 9.42. The first-order valence-corrected chi connectivity index (χ1v) is 11.8. The number of rotatable bonds is 14. The largest absolute Gasteiger partial charge is 0.480 e. The normalized spacial score (nSPS) is 18.1. The summed E-state index contributed by atoms with van der Waals surface area (Å²) < 4.78 is 0. The second-order valence-corrected chi connectivity index (χ2v) is 9.42. The van der Waals surface area contributed by atoms with Gasteiger partial charge in [-0.15, -0.1) is 0 Å². The van der Waals surface area contributed by atoms with Gasteiger partial charge < -0.3 is 37.8 Å². The lowest BCUT2D eigenvalue weighted by molar-refractivity contribution is -0.143. The highest BCUT2D eigenvalue weighted by Gasteiger charge is 2.32. The van der Waals surface area contributed by atoms with Crippen molar-refractivity contribution in [1.82, 2.24) is 21.3 Å². The lowest BCUT2D eigenvalue weighted by atomic mass is 10.0. The molecule has 34 heavy (non-hydrogen) atoms. The highest BCUT2D eigenvalue weighted by molar-refractivity contribution is 5.94. The molecule has 0 spiro atoms. The average molecular weight is 484 g/mol. The third-order valence-electron chi connectivity index (χ3n) is 5.52. The summed E-state index contributed by atoms with van der Waals surface area (Å²) >= 11 is 0. The molecule has 1 fully saturated rings. The molecule has 0 aliphatic carbocycles. The van der Waals surface area contributed by atoms with Crippen molar-refractivity contribution in [3.8, 4) is 0 Å². The molecule has 1 rings (SSSR count). The van der Waals surface area contributed by atoms with E-state index in [9.17, 15) is 24.3 Å². The number of carbonyl (C=O) groups excluding carboxylic acids is 3. The minimum absolute atomic E-state index is 0.0426. The molecule has 0 aromatic carbocycles. The number of carboxylic acid groups (broad SMARTS) is 1. The van der Waals surface area contributed by atoms with Crippen LogP contribution in [-0.4, -0.2) is 72.0 Å². The zero-order valence-corrected chi connectivity index (χ0v) is 20.6. The lowest BCUT2D eigenvalue weighted by Gasteiger charge is -2.27. The maximum absolute atomic E-state index is 13.1. The molecule has 0 radical (unpaired) electrons. The van der Waals surface area contributed by atoms with E-state index >= 15 is 0 Å². The number of aliphatic carboxylic acids is 1. The Morgan fingerprint density at radius 2 is 1.68 bits per heavy atom. The molecule has 12 nitrogen and oxygen atoms in total. The maximum atomic E-state index is 13.1. The van der Waals surface area contributed by atoms with Crippen LogP contribution in [-0.2, 0) is 19.2 Å². The third-order valence-corrected chi connectivity index (χ3v) is 5.52. The molecular weight excluding hydrogens is 442 g/mol. The van der Waals surface area contributed by atoms with Crippen LogP contribution in [0.2, 0.25) is 0 Å². The van der Waals surface area contributed by atoms with Crippen molar-refractivity contribution in [2.24, 2.45) is 28.3 Å². The van der Waals surface area contributed by atoms with E-state index in [0.29, 0.717) is 12.8 Å². The molecular formula is C22H41N7O5. The van der Waals surface area contributed by atoms with Crippen LogP contribution >= 0.6 is 0 Å². The Morgan fingerprint density at radius 1 is 1.03 bits per heavy atom. The zero-order valence-electron chi connectivity index (χ0n) is 20.6. The van der Waals surface area contributed by atoms with Gasteiger partial charge in [0, 0.05) is 6.54 Å². The highest BCUT2D eigenvalue weighted by atomic mass is 16.4. The topological polar surface area (TPSA) is 201 Å². The molecule has 1 aliphatic heterocycles. The van der Waals surface area contributed by atoms with Crippen molar-refractivity contribution in [2.45, 2.75) is 84.0 Å². The van der Waals surface area contributed by atoms with Crippen LogP contribution in [0.3, 0.4) is 0 Å². The summed E-state index contributed by atoms with van der Waals surface area (Å²) in [6, 6.07) is -3.30. The first kappa shape index (κ1) is 29.1. The van der Waals surface area contributed by atoms with Gasteiger partial charge in [0.25, 0.3) is 0 Å². The molecule has 1 aliphatic rings. The van der Waals surface area contributed by atoms with E-state index in [-0.39, 0.29) is 49.1 Å². The van der Waals surface area contributed by atoms with Gasteiger partial charge in [0.15, 0.2) is 5.96 Å². The second kappa shape index (κ2) is 14.4. The summed E-state index contributed by atoms with van der Waals surface area (Å²) in [4.78, 5) is 54.1. The first-order valence-electron chi connectivity index (χ1n) is 11.8. The predicted octanol–water partition coefficient (Wildman–Crippen LogP) is -0.967. The molecule has 12 heteroatoms. The number of hydrogen-bond donors (Lipinski definition) is 7. The van der Waals surface area contributed by atoms with Gasteiger partial charge in [0.2, 0.25) is 17.7 Å². The van der Waals surface area contributed by atoms with E-state index in [1.807, 2.05) is 13.8 Å². The summed E-state index contributed by atoms with van der Waals surface area (Å²) in [6.07, 6.45) is 2.39. The Balaban J connectivity index is 2.93. The number of guanidine groups is 1. The van der Waals surface area contributed by atoms with Crippen LogP contribution in [0.25, 0.3) is 0 Å². The molecule has 9 N–H and O–H groups in total. The summed E-state index contributed by atoms with van der Waals surface area (Å²) in [5.41, 5.74) is 10.7. The molecule has 0 aromatic rings. The maximum Gasteiger partial charge on any atom is 0.326 e. The van der Waals surface area contributed by atoms with Crippen molar-refractivity contribution in [1.29, 1.82) is 0 Å². The molecule has 1 heterocycles. The van der Waals surface area contributed by atoms with Gasteiger partial charge in [0.05, 0.1) is 6.04 Å². The fourth-order valence-electron chi connectivity index (χ4n) is 3.70. The number of nitrogens with one attached hydrogen (secondary N) is 4. The number of nitrogens with two attached hydrogens (primary N) is 2. The van der Waals surface area contributed by atoms with Crippen LogP contribution in [0.5, 0.6) is 0 Å². The molecule has 194 valence electrons. The van der Waals surface area contributed by atoms with Crippen molar-refractivity contribution in [3.05, 3.63) is 0 Å². The highest BCUT2D eigenvalue weighted by Crippen LogP contribution is 2.10. The van der Waals surface area contributed by atoms with E-state index in [1.54, 1.807) is 13.8 Å². The Bertz CT molecular complexity index is 731. The van der Waals surface area contributed by atoms with Crippen LogP contribution in [0.15, 0.2) is 4.99 Å². The minimum Gasteiger partial charge on any atom is -0.480 e. The van der Waals surface area contributed by atoms with Gasteiger partial charge in [-0.1, -0.05) is 27.7 Å². The van der Waals surface area contributed by atoms with Gasteiger partial charge in [-0.25, -0.2) is 4.79 Å². The van der Waals surface area contributed by atoms with E-state index < -0.39 is 35.9 Å². The van der Waals surface area contributed by atoms with Crippen LogP contribution in [0, 0.1) is 11.8 Å². The average Bonchev–Trinajstić information content (AvgIpc) is 3.27. The molecule has 0 saturated carbocycles. The molecule has 4 unspecified atom stereocenters. The smallest absolute Gasteiger partial charge is 0.326 e. The van der Waals surface area contributed by atoms with Crippen LogP contribution < -0.4 is 32.7 Å². The number of carbonyl (C=O) groups is 4.